The zero-order chi connectivity index (χ0) is 13.0. The Hall–Kier alpha value is -0.120. The van der Waals surface area contributed by atoms with Crippen molar-refractivity contribution in [3.05, 3.63) is 0 Å². The summed E-state index contributed by atoms with van der Waals surface area (Å²) >= 11 is 0. The van der Waals surface area contributed by atoms with E-state index in [1.54, 1.807) is 0 Å². The first-order valence-electron chi connectivity index (χ1n) is 7.92. The second kappa shape index (κ2) is 6.88. The predicted octanol–water partition coefficient (Wildman–Crippen LogP) is 1.92. The Balaban J connectivity index is 1.76. The van der Waals surface area contributed by atoms with E-state index in [2.05, 4.69) is 23.6 Å². The summed E-state index contributed by atoms with van der Waals surface area (Å²) in [6, 6.07) is 1.49. The molecule has 2 fully saturated rings. The highest BCUT2D eigenvalue weighted by molar-refractivity contribution is 4.84. The molecule has 1 aliphatic carbocycles. The van der Waals surface area contributed by atoms with Gasteiger partial charge in [-0.05, 0) is 38.0 Å². The van der Waals surface area contributed by atoms with Gasteiger partial charge in [0.05, 0.1) is 0 Å². The normalized spacial score (nSPS) is 33.5. The van der Waals surface area contributed by atoms with Crippen LogP contribution in [0, 0.1) is 5.92 Å². The molecule has 1 atom stereocenters. The lowest BCUT2D eigenvalue weighted by Gasteiger charge is -2.43. The van der Waals surface area contributed by atoms with Crippen molar-refractivity contribution in [1.29, 1.82) is 0 Å². The van der Waals surface area contributed by atoms with Gasteiger partial charge in [-0.15, -0.1) is 0 Å². The first kappa shape index (κ1) is 14.3. The van der Waals surface area contributed by atoms with Crippen molar-refractivity contribution in [3.63, 3.8) is 0 Å². The molecule has 0 aromatic heterocycles. The lowest BCUT2D eigenvalue weighted by Crippen LogP contribution is -2.54. The topological polar surface area (TPSA) is 32.5 Å². The highest BCUT2D eigenvalue weighted by Crippen LogP contribution is 2.27. The van der Waals surface area contributed by atoms with Crippen molar-refractivity contribution < 1.29 is 0 Å². The molecule has 0 spiro atoms. The van der Waals surface area contributed by atoms with Crippen LogP contribution in [-0.4, -0.2) is 54.6 Å². The van der Waals surface area contributed by atoms with Gasteiger partial charge in [-0.3, -0.25) is 9.80 Å². The number of nitrogens with two attached hydrogens (primary N) is 1. The lowest BCUT2D eigenvalue weighted by atomic mass is 9.86. The fraction of sp³-hybridized carbons (Fsp3) is 1.00. The Morgan fingerprint density at radius 3 is 2.17 bits per heavy atom. The SMILES string of the molecule is CCC(CN)N1CCN(C2CCC(C)CC2)CC1. The van der Waals surface area contributed by atoms with Crippen molar-refractivity contribution in [3.8, 4) is 0 Å². The number of piperazine rings is 1. The fourth-order valence-corrected chi connectivity index (χ4v) is 3.65. The Kier molecular flexibility index (Phi) is 5.46. The second-order valence-electron chi connectivity index (χ2n) is 6.28. The third-order valence-corrected chi connectivity index (χ3v) is 5.11. The Bertz CT molecular complexity index is 224. The summed E-state index contributed by atoms with van der Waals surface area (Å²) in [6.07, 6.45) is 6.92. The van der Waals surface area contributed by atoms with Crippen molar-refractivity contribution >= 4 is 0 Å². The lowest BCUT2D eigenvalue weighted by molar-refractivity contribution is 0.0523. The Morgan fingerprint density at radius 1 is 1.06 bits per heavy atom. The quantitative estimate of drug-likeness (QED) is 0.831. The van der Waals surface area contributed by atoms with E-state index in [4.69, 9.17) is 5.73 Å². The first-order chi connectivity index (χ1) is 8.74. The van der Waals surface area contributed by atoms with E-state index in [9.17, 15) is 0 Å². The van der Waals surface area contributed by atoms with E-state index in [1.165, 1.54) is 58.3 Å². The van der Waals surface area contributed by atoms with Gasteiger partial charge in [-0.1, -0.05) is 13.8 Å². The van der Waals surface area contributed by atoms with Gasteiger partial charge in [0.2, 0.25) is 0 Å². The maximum atomic E-state index is 5.85. The minimum absolute atomic E-state index is 0.610. The second-order valence-corrected chi connectivity index (χ2v) is 6.28. The van der Waals surface area contributed by atoms with Crippen LogP contribution >= 0.6 is 0 Å². The van der Waals surface area contributed by atoms with Gasteiger partial charge >= 0.3 is 0 Å². The molecule has 3 heteroatoms. The first-order valence-corrected chi connectivity index (χ1v) is 7.92. The summed E-state index contributed by atoms with van der Waals surface area (Å²) in [7, 11) is 0. The summed E-state index contributed by atoms with van der Waals surface area (Å²) in [5, 5.41) is 0. The van der Waals surface area contributed by atoms with Gasteiger partial charge in [0.25, 0.3) is 0 Å². The molecule has 1 heterocycles. The monoisotopic (exact) mass is 253 g/mol. The molecule has 106 valence electrons. The van der Waals surface area contributed by atoms with Crippen LogP contribution in [0.5, 0.6) is 0 Å². The molecule has 1 saturated heterocycles. The van der Waals surface area contributed by atoms with E-state index in [0.29, 0.717) is 6.04 Å². The van der Waals surface area contributed by atoms with Crippen molar-refractivity contribution in [1.82, 2.24) is 9.80 Å². The molecule has 18 heavy (non-hydrogen) atoms. The molecule has 0 amide bonds. The summed E-state index contributed by atoms with van der Waals surface area (Å²) in [5.74, 6) is 0.962. The molecule has 0 aromatic rings. The van der Waals surface area contributed by atoms with Crippen LogP contribution < -0.4 is 5.73 Å². The van der Waals surface area contributed by atoms with Gasteiger partial charge in [-0.2, -0.15) is 0 Å². The van der Waals surface area contributed by atoms with Crippen LogP contribution in [0.3, 0.4) is 0 Å². The van der Waals surface area contributed by atoms with Gasteiger partial charge in [0, 0.05) is 44.8 Å². The van der Waals surface area contributed by atoms with Crippen LogP contribution in [0.1, 0.15) is 46.0 Å². The van der Waals surface area contributed by atoms with E-state index in [-0.39, 0.29) is 0 Å². The molecule has 0 aromatic carbocycles. The summed E-state index contributed by atoms with van der Waals surface area (Å²) in [6.45, 7) is 10.4. The maximum absolute atomic E-state index is 5.85. The van der Waals surface area contributed by atoms with Crippen LogP contribution in [0.25, 0.3) is 0 Å². The molecule has 2 N–H and O–H groups in total. The Morgan fingerprint density at radius 2 is 1.67 bits per heavy atom. The highest BCUT2D eigenvalue weighted by atomic mass is 15.3. The standard InChI is InChI=1S/C15H31N3/c1-3-14(12-16)17-8-10-18(11-9-17)15-6-4-13(2)5-7-15/h13-15H,3-12,16H2,1-2H3. The van der Waals surface area contributed by atoms with E-state index in [0.717, 1.165) is 18.5 Å². The van der Waals surface area contributed by atoms with Crippen LogP contribution in [0.15, 0.2) is 0 Å². The molecule has 2 rings (SSSR count). The molecule has 3 nitrogen and oxygen atoms in total. The Labute approximate surface area is 113 Å². The van der Waals surface area contributed by atoms with Gasteiger partial charge < -0.3 is 5.73 Å². The van der Waals surface area contributed by atoms with E-state index < -0.39 is 0 Å². The molecule has 1 unspecified atom stereocenters. The van der Waals surface area contributed by atoms with Crippen molar-refractivity contribution in [2.24, 2.45) is 11.7 Å². The van der Waals surface area contributed by atoms with Crippen LogP contribution in [0.2, 0.25) is 0 Å². The highest BCUT2D eigenvalue weighted by Gasteiger charge is 2.28. The van der Waals surface area contributed by atoms with Crippen molar-refractivity contribution in [2.75, 3.05) is 32.7 Å². The molecule has 1 aliphatic heterocycles. The maximum Gasteiger partial charge on any atom is 0.0216 e. The molecular formula is C15H31N3. The summed E-state index contributed by atoms with van der Waals surface area (Å²) < 4.78 is 0. The zero-order valence-corrected chi connectivity index (χ0v) is 12.3. The smallest absolute Gasteiger partial charge is 0.0216 e. The average molecular weight is 253 g/mol. The minimum Gasteiger partial charge on any atom is -0.329 e. The number of nitrogens with zero attached hydrogens (tertiary/aromatic N) is 2. The predicted molar refractivity (Wildman–Crippen MR) is 77.7 cm³/mol. The average Bonchev–Trinajstić information content (AvgIpc) is 2.42. The van der Waals surface area contributed by atoms with Crippen molar-refractivity contribution in [2.45, 2.75) is 58.0 Å². The van der Waals surface area contributed by atoms with Gasteiger partial charge in [-0.25, -0.2) is 0 Å². The molecule has 2 aliphatic rings. The van der Waals surface area contributed by atoms with E-state index >= 15 is 0 Å². The summed E-state index contributed by atoms with van der Waals surface area (Å²) in [5.41, 5.74) is 5.85. The molecule has 0 bridgehead atoms. The molecular weight excluding hydrogens is 222 g/mol. The third-order valence-electron chi connectivity index (χ3n) is 5.11. The summed E-state index contributed by atoms with van der Waals surface area (Å²) in [4.78, 5) is 5.34. The van der Waals surface area contributed by atoms with E-state index in [1.807, 2.05) is 0 Å². The van der Waals surface area contributed by atoms with Gasteiger partial charge in [0.15, 0.2) is 0 Å². The minimum atomic E-state index is 0.610. The molecule has 0 radical (unpaired) electrons. The fourth-order valence-electron chi connectivity index (χ4n) is 3.65. The third kappa shape index (κ3) is 3.46. The number of hydrogen-bond donors (Lipinski definition) is 1. The van der Waals surface area contributed by atoms with Crippen LogP contribution in [-0.2, 0) is 0 Å². The molecule has 1 saturated carbocycles. The zero-order valence-electron chi connectivity index (χ0n) is 12.3. The van der Waals surface area contributed by atoms with Gasteiger partial charge in [0.1, 0.15) is 0 Å². The van der Waals surface area contributed by atoms with Crippen LogP contribution in [0.4, 0.5) is 0 Å². The number of rotatable bonds is 4. The largest absolute Gasteiger partial charge is 0.329 e. The number of hydrogen-bond acceptors (Lipinski definition) is 3.